The van der Waals surface area contributed by atoms with Gasteiger partial charge < -0.3 is 9.47 Å². The minimum absolute atomic E-state index is 0.0184. The number of rotatable bonds is 6. The fourth-order valence-corrected chi connectivity index (χ4v) is 4.37. The molecule has 0 saturated heterocycles. The van der Waals surface area contributed by atoms with Gasteiger partial charge in [0.15, 0.2) is 17.0 Å². The summed E-state index contributed by atoms with van der Waals surface area (Å²) >= 11 is 0. The molecule has 6 rings (SSSR count). The van der Waals surface area contributed by atoms with Crippen LogP contribution in [0.25, 0.3) is 32.9 Å². The van der Waals surface area contributed by atoms with Gasteiger partial charge in [-0.2, -0.15) is 0 Å². The highest BCUT2D eigenvalue weighted by Gasteiger charge is 2.15. The van der Waals surface area contributed by atoms with Crippen molar-refractivity contribution in [1.82, 2.24) is 14.6 Å². The summed E-state index contributed by atoms with van der Waals surface area (Å²) in [5.74, 6) is -0.0304. The maximum absolute atomic E-state index is 15.2. The molecular weight excluding hydrogens is 502 g/mol. The van der Waals surface area contributed by atoms with Gasteiger partial charge in [0.25, 0.3) is 0 Å². The normalized spacial score (nSPS) is 11.1. The van der Waals surface area contributed by atoms with Gasteiger partial charge in [-0.05, 0) is 42.5 Å². The average molecular weight is 523 g/mol. The number of halogens is 2. The maximum Gasteiger partial charge on any atom is 0.199 e. The van der Waals surface area contributed by atoms with E-state index in [4.69, 9.17) is 9.47 Å². The Hall–Kier alpha value is -5.31. The number of fused-ring (bicyclic) bond motifs is 2. The van der Waals surface area contributed by atoms with Crippen LogP contribution in [-0.4, -0.2) is 21.8 Å². The monoisotopic (exact) mass is 522 g/mol. The molecular formula is C30H20F2N4O3. The van der Waals surface area contributed by atoms with Gasteiger partial charge in [-0.3, -0.25) is 24.9 Å². The van der Waals surface area contributed by atoms with E-state index in [0.29, 0.717) is 33.6 Å². The lowest BCUT2D eigenvalue weighted by molar-refractivity contribution is 0.415. The number of nitrogens with zero attached hydrogens (tertiary/aromatic N) is 3. The van der Waals surface area contributed by atoms with E-state index >= 15 is 4.39 Å². The molecule has 0 aliphatic rings. The van der Waals surface area contributed by atoms with Gasteiger partial charge >= 0.3 is 0 Å². The first-order valence-electron chi connectivity index (χ1n) is 11.9. The quantitative estimate of drug-likeness (QED) is 0.267. The Morgan fingerprint density at radius 1 is 0.846 bits per heavy atom. The molecule has 3 aromatic heterocycles. The fourth-order valence-electron chi connectivity index (χ4n) is 4.37. The number of methoxy groups -OCH3 is 1. The molecule has 0 aliphatic heterocycles. The lowest BCUT2D eigenvalue weighted by atomic mass is 10.0. The summed E-state index contributed by atoms with van der Waals surface area (Å²) in [7, 11) is 1.57. The third-order valence-electron chi connectivity index (χ3n) is 6.28. The molecule has 0 spiro atoms. The standard InChI is InChI=1S/C30H20F2N4O3/c1-38-19-7-8-21-26(15-19)34-13-11-28(21)39-29-9-6-18(14-25(29)32)35-36-17-23(20-4-2-3-5-24(20)31)30(37)22-16-33-12-10-27(22)36/h2-17,35H,1H3. The van der Waals surface area contributed by atoms with Crippen LogP contribution < -0.4 is 20.3 Å². The molecule has 39 heavy (non-hydrogen) atoms. The largest absolute Gasteiger partial charge is 0.497 e. The molecule has 3 heterocycles. The van der Waals surface area contributed by atoms with Gasteiger partial charge in [-0.25, -0.2) is 8.78 Å². The topological polar surface area (TPSA) is 78.3 Å². The number of ether oxygens (including phenoxy) is 2. The highest BCUT2D eigenvalue weighted by molar-refractivity contribution is 5.86. The lowest BCUT2D eigenvalue weighted by Crippen LogP contribution is -2.17. The van der Waals surface area contributed by atoms with Crippen LogP contribution in [0.15, 0.2) is 102 Å². The third kappa shape index (κ3) is 4.50. The molecule has 0 bridgehead atoms. The van der Waals surface area contributed by atoms with Crippen molar-refractivity contribution >= 4 is 27.5 Å². The van der Waals surface area contributed by atoms with Gasteiger partial charge in [0, 0.05) is 47.9 Å². The summed E-state index contributed by atoms with van der Waals surface area (Å²) in [6.45, 7) is 0. The van der Waals surface area contributed by atoms with Crippen LogP contribution in [-0.2, 0) is 0 Å². The summed E-state index contributed by atoms with van der Waals surface area (Å²) < 4.78 is 42.5. The highest BCUT2D eigenvalue weighted by Crippen LogP contribution is 2.33. The average Bonchev–Trinajstić information content (AvgIpc) is 2.96. The minimum atomic E-state index is -0.611. The van der Waals surface area contributed by atoms with Crippen molar-refractivity contribution in [3.8, 4) is 28.4 Å². The molecule has 7 nitrogen and oxygen atoms in total. The number of hydrogen-bond acceptors (Lipinski definition) is 6. The highest BCUT2D eigenvalue weighted by atomic mass is 19.1. The van der Waals surface area contributed by atoms with Crippen molar-refractivity contribution in [1.29, 1.82) is 0 Å². The van der Waals surface area contributed by atoms with E-state index in [1.807, 2.05) is 0 Å². The molecule has 0 aliphatic carbocycles. The number of nitrogens with one attached hydrogen (secondary N) is 1. The van der Waals surface area contributed by atoms with E-state index in [-0.39, 0.29) is 27.7 Å². The van der Waals surface area contributed by atoms with Crippen LogP contribution in [0.3, 0.4) is 0 Å². The van der Waals surface area contributed by atoms with Crippen LogP contribution in [0, 0.1) is 11.6 Å². The Labute approximate surface area is 220 Å². The summed E-state index contributed by atoms with van der Waals surface area (Å²) in [4.78, 5) is 21.5. The SMILES string of the molecule is COc1ccc2c(Oc3ccc(Nn4cc(-c5ccccc5F)c(=O)c5cnccc54)cc3F)ccnc2c1. The second-order valence-corrected chi connectivity index (χ2v) is 8.67. The molecule has 0 amide bonds. The van der Waals surface area contributed by atoms with E-state index < -0.39 is 11.6 Å². The van der Waals surface area contributed by atoms with Crippen molar-refractivity contribution in [3.05, 3.63) is 119 Å². The predicted molar refractivity (Wildman–Crippen MR) is 145 cm³/mol. The summed E-state index contributed by atoms with van der Waals surface area (Å²) in [5.41, 5.74) is 4.54. The Bertz CT molecular complexity index is 1920. The van der Waals surface area contributed by atoms with E-state index in [2.05, 4.69) is 15.4 Å². The maximum atomic E-state index is 15.2. The van der Waals surface area contributed by atoms with Crippen LogP contribution in [0.1, 0.15) is 0 Å². The zero-order chi connectivity index (χ0) is 26.9. The van der Waals surface area contributed by atoms with E-state index in [9.17, 15) is 9.18 Å². The van der Waals surface area contributed by atoms with E-state index in [0.717, 1.165) is 0 Å². The molecule has 0 atom stereocenters. The zero-order valence-corrected chi connectivity index (χ0v) is 20.6. The Morgan fingerprint density at radius 2 is 1.72 bits per heavy atom. The fraction of sp³-hybridized carbons (Fsp3) is 0.0333. The molecule has 0 radical (unpaired) electrons. The third-order valence-corrected chi connectivity index (χ3v) is 6.28. The molecule has 0 fully saturated rings. The molecule has 1 N–H and O–H groups in total. The number of benzene rings is 3. The van der Waals surface area contributed by atoms with Crippen molar-refractivity contribution in [2.75, 3.05) is 12.5 Å². The summed E-state index contributed by atoms with van der Waals surface area (Å²) in [6, 6.07) is 19.1. The second-order valence-electron chi connectivity index (χ2n) is 8.67. The zero-order valence-electron chi connectivity index (χ0n) is 20.6. The van der Waals surface area contributed by atoms with E-state index in [1.165, 1.54) is 42.9 Å². The molecule has 0 saturated carbocycles. The molecule has 9 heteroatoms. The first-order chi connectivity index (χ1) is 19.0. The van der Waals surface area contributed by atoms with Crippen LogP contribution in [0.2, 0.25) is 0 Å². The first kappa shape index (κ1) is 24.1. The molecule has 3 aromatic carbocycles. The summed E-state index contributed by atoms with van der Waals surface area (Å²) in [5, 5.41) is 0.987. The molecule has 6 aromatic rings. The van der Waals surface area contributed by atoms with Crippen molar-refractivity contribution in [2.45, 2.75) is 0 Å². The van der Waals surface area contributed by atoms with Crippen LogP contribution >= 0.6 is 0 Å². The van der Waals surface area contributed by atoms with Crippen LogP contribution in [0.5, 0.6) is 17.2 Å². The molecule has 0 unspecified atom stereocenters. The minimum Gasteiger partial charge on any atom is -0.497 e. The Morgan fingerprint density at radius 3 is 2.54 bits per heavy atom. The first-order valence-corrected chi connectivity index (χ1v) is 11.9. The van der Waals surface area contributed by atoms with Crippen molar-refractivity contribution in [3.63, 3.8) is 0 Å². The van der Waals surface area contributed by atoms with Gasteiger partial charge in [-0.15, -0.1) is 0 Å². The summed E-state index contributed by atoms with van der Waals surface area (Å²) in [6.07, 6.45) is 6.03. The predicted octanol–water partition coefficient (Wildman–Crippen LogP) is 6.57. The van der Waals surface area contributed by atoms with Crippen LogP contribution in [0.4, 0.5) is 14.5 Å². The van der Waals surface area contributed by atoms with Crippen molar-refractivity contribution in [2.24, 2.45) is 0 Å². The Kier molecular flexibility index (Phi) is 6.08. The van der Waals surface area contributed by atoms with E-state index in [1.54, 1.807) is 66.5 Å². The number of hydrogen-bond donors (Lipinski definition) is 1. The van der Waals surface area contributed by atoms with Gasteiger partial charge in [0.05, 0.1) is 34.8 Å². The van der Waals surface area contributed by atoms with Gasteiger partial charge in [-0.1, -0.05) is 18.2 Å². The van der Waals surface area contributed by atoms with Gasteiger partial charge in [0.2, 0.25) is 0 Å². The Balaban J connectivity index is 1.36. The van der Waals surface area contributed by atoms with Crippen molar-refractivity contribution < 1.29 is 18.3 Å². The number of aromatic nitrogens is 3. The number of anilines is 1. The smallest absolute Gasteiger partial charge is 0.199 e. The molecule has 192 valence electrons. The number of pyridine rings is 3. The second kappa shape index (κ2) is 9.86. The van der Waals surface area contributed by atoms with Gasteiger partial charge in [0.1, 0.15) is 17.3 Å². The lowest BCUT2D eigenvalue weighted by Gasteiger charge is -2.17.